The number of rotatable bonds is 4. The highest BCUT2D eigenvalue weighted by Crippen LogP contribution is 2.44. The average molecular weight is 431 g/mol. The molecule has 0 saturated heterocycles. The summed E-state index contributed by atoms with van der Waals surface area (Å²) in [6, 6.07) is 9.61. The number of hydrogen-bond donors (Lipinski definition) is 0. The van der Waals surface area contributed by atoms with Crippen LogP contribution in [0.4, 0.5) is 15.8 Å². The topological polar surface area (TPSA) is 15.6 Å². The zero-order valence-electron chi connectivity index (χ0n) is 16.8. The number of aryl methyl sites for hydroxylation is 1. The van der Waals surface area contributed by atoms with Crippen LogP contribution >= 0.6 is 15.9 Å². The van der Waals surface area contributed by atoms with E-state index in [1.165, 1.54) is 5.56 Å². The Morgan fingerprint density at radius 1 is 1.30 bits per heavy atom. The molecule has 144 valence electrons. The van der Waals surface area contributed by atoms with Gasteiger partial charge in [-0.2, -0.15) is 0 Å². The van der Waals surface area contributed by atoms with E-state index in [2.05, 4.69) is 53.5 Å². The minimum atomic E-state index is -0.210. The molecule has 0 saturated carbocycles. The van der Waals surface area contributed by atoms with Gasteiger partial charge in [0.15, 0.2) is 0 Å². The van der Waals surface area contributed by atoms with E-state index in [4.69, 9.17) is 0 Å². The van der Waals surface area contributed by atoms with Crippen molar-refractivity contribution < 1.29 is 4.39 Å². The number of hydrogen-bond acceptors (Lipinski definition) is 2. The average Bonchev–Trinajstić information content (AvgIpc) is 2.58. The summed E-state index contributed by atoms with van der Waals surface area (Å²) in [5.74, 6) is 0.184. The molecule has 1 unspecified atom stereocenters. The van der Waals surface area contributed by atoms with Crippen molar-refractivity contribution in [1.82, 2.24) is 0 Å². The third-order valence-corrected chi connectivity index (χ3v) is 5.95. The largest absolute Gasteiger partial charge is 0.366 e. The molecule has 0 spiro atoms. The minimum Gasteiger partial charge on any atom is -0.366 e. The minimum absolute atomic E-state index is 0.0407. The van der Waals surface area contributed by atoms with E-state index in [-0.39, 0.29) is 11.4 Å². The Balaban J connectivity index is 2.00. The SMILES string of the molecule is CCCN1c2cc(F)c(C=Nc3ccc(Br)cc3C)cc2C(C)CC1(C)C. The van der Waals surface area contributed by atoms with Crippen LogP contribution in [0, 0.1) is 12.7 Å². The van der Waals surface area contributed by atoms with Crippen molar-refractivity contribution in [3.8, 4) is 0 Å². The Labute approximate surface area is 170 Å². The summed E-state index contributed by atoms with van der Waals surface area (Å²) in [6.45, 7) is 11.9. The Bertz CT molecular complexity index is 873. The van der Waals surface area contributed by atoms with Crippen molar-refractivity contribution in [2.75, 3.05) is 11.4 Å². The first kappa shape index (κ1) is 20.1. The van der Waals surface area contributed by atoms with Crippen molar-refractivity contribution in [1.29, 1.82) is 0 Å². The molecule has 3 rings (SSSR count). The molecule has 0 aromatic heterocycles. The summed E-state index contributed by atoms with van der Waals surface area (Å²) in [6.07, 6.45) is 3.77. The van der Waals surface area contributed by atoms with Gasteiger partial charge in [0, 0.05) is 34.0 Å². The number of anilines is 1. The van der Waals surface area contributed by atoms with Gasteiger partial charge in [0.05, 0.1) is 5.69 Å². The number of benzene rings is 2. The van der Waals surface area contributed by atoms with E-state index in [0.717, 1.165) is 40.8 Å². The first-order chi connectivity index (χ1) is 12.7. The van der Waals surface area contributed by atoms with Crippen LogP contribution in [-0.2, 0) is 0 Å². The van der Waals surface area contributed by atoms with Crippen LogP contribution in [0.25, 0.3) is 0 Å². The van der Waals surface area contributed by atoms with Crippen molar-refractivity contribution in [3.63, 3.8) is 0 Å². The maximum Gasteiger partial charge on any atom is 0.134 e. The maximum absolute atomic E-state index is 14.9. The van der Waals surface area contributed by atoms with Crippen molar-refractivity contribution in [2.45, 2.75) is 58.9 Å². The number of halogens is 2. The fourth-order valence-electron chi connectivity index (χ4n) is 4.17. The smallest absolute Gasteiger partial charge is 0.134 e. The van der Waals surface area contributed by atoms with E-state index in [9.17, 15) is 4.39 Å². The van der Waals surface area contributed by atoms with Gasteiger partial charge in [0.1, 0.15) is 5.82 Å². The fraction of sp³-hybridized carbons (Fsp3) is 0.435. The normalized spacial score (nSPS) is 18.8. The number of nitrogens with zero attached hydrogens (tertiary/aromatic N) is 2. The first-order valence-electron chi connectivity index (χ1n) is 9.64. The quantitative estimate of drug-likeness (QED) is 0.470. The van der Waals surface area contributed by atoms with Crippen LogP contribution in [0.1, 0.15) is 63.1 Å². The highest BCUT2D eigenvalue weighted by atomic mass is 79.9. The van der Waals surface area contributed by atoms with Gasteiger partial charge in [-0.15, -0.1) is 0 Å². The second-order valence-corrected chi connectivity index (χ2v) is 9.11. The summed E-state index contributed by atoms with van der Waals surface area (Å²) in [4.78, 5) is 6.90. The van der Waals surface area contributed by atoms with E-state index in [1.54, 1.807) is 12.3 Å². The lowest BCUT2D eigenvalue weighted by Gasteiger charge is -2.47. The van der Waals surface area contributed by atoms with Gasteiger partial charge < -0.3 is 4.90 Å². The van der Waals surface area contributed by atoms with Crippen molar-refractivity contribution in [3.05, 3.63) is 57.3 Å². The molecule has 2 aromatic rings. The lowest BCUT2D eigenvalue weighted by atomic mass is 9.79. The monoisotopic (exact) mass is 430 g/mol. The lowest BCUT2D eigenvalue weighted by Crippen LogP contribution is -2.48. The molecular weight excluding hydrogens is 403 g/mol. The number of aliphatic imine (C=N–C) groups is 1. The summed E-state index contributed by atoms with van der Waals surface area (Å²) in [5.41, 5.74) is 4.77. The van der Waals surface area contributed by atoms with Gasteiger partial charge >= 0.3 is 0 Å². The summed E-state index contributed by atoms with van der Waals surface area (Å²) < 4.78 is 15.9. The van der Waals surface area contributed by atoms with Crippen LogP contribution in [0.15, 0.2) is 39.8 Å². The molecule has 4 heteroatoms. The first-order valence-corrected chi connectivity index (χ1v) is 10.4. The molecule has 0 radical (unpaired) electrons. The van der Waals surface area contributed by atoms with Gasteiger partial charge in [-0.1, -0.05) is 29.8 Å². The summed E-state index contributed by atoms with van der Waals surface area (Å²) in [5, 5.41) is 0. The van der Waals surface area contributed by atoms with Crippen LogP contribution in [-0.4, -0.2) is 18.3 Å². The predicted octanol–water partition coefficient (Wildman–Crippen LogP) is 7.15. The highest BCUT2D eigenvalue weighted by molar-refractivity contribution is 9.10. The van der Waals surface area contributed by atoms with Crippen molar-refractivity contribution >= 4 is 33.5 Å². The Hall–Kier alpha value is -1.68. The molecule has 2 aromatic carbocycles. The molecule has 1 aliphatic rings. The van der Waals surface area contributed by atoms with E-state index in [1.807, 2.05) is 31.2 Å². The number of fused-ring (bicyclic) bond motifs is 1. The molecule has 0 aliphatic carbocycles. The molecule has 27 heavy (non-hydrogen) atoms. The zero-order chi connectivity index (χ0) is 19.8. The van der Waals surface area contributed by atoms with Crippen LogP contribution in [0.3, 0.4) is 0 Å². The van der Waals surface area contributed by atoms with Crippen molar-refractivity contribution in [2.24, 2.45) is 4.99 Å². The third-order valence-electron chi connectivity index (χ3n) is 5.45. The highest BCUT2D eigenvalue weighted by Gasteiger charge is 2.36. The van der Waals surface area contributed by atoms with Gasteiger partial charge in [0.2, 0.25) is 0 Å². The second kappa shape index (κ2) is 7.75. The van der Waals surface area contributed by atoms with Gasteiger partial charge in [-0.25, -0.2) is 4.39 Å². The Morgan fingerprint density at radius 2 is 2.04 bits per heavy atom. The molecule has 0 fully saturated rings. The zero-order valence-corrected chi connectivity index (χ0v) is 18.4. The molecule has 1 atom stereocenters. The Kier molecular flexibility index (Phi) is 5.76. The predicted molar refractivity (Wildman–Crippen MR) is 117 cm³/mol. The molecular formula is C23H28BrFN2. The van der Waals surface area contributed by atoms with E-state index < -0.39 is 0 Å². The lowest BCUT2D eigenvalue weighted by molar-refractivity contribution is 0.375. The molecule has 0 N–H and O–H groups in total. The summed E-state index contributed by atoms with van der Waals surface area (Å²) >= 11 is 3.46. The van der Waals surface area contributed by atoms with Gasteiger partial charge in [0.25, 0.3) is 0 Å². The van der Waals surface area contributed by atoms with Gasteiger partial charge in [-0.05, 0) is 81.0 Å². The van der Waals surface area contributed by atoms with E-state index >= 15 is 0 Å². The third kappa shape index (κ3) is 4.11. The molecule has 1 heterocycles. The van der Waals surface area contributed by atoms with Crippen LogP contribution < -0.4 is 4.90 Å². The molecule has 1 aliphatic heterocycles. The fourth-order valence-corrected chi connectivity index (χ4v) is 4.65. The Morgan fingerprint density at radius 3 is 2.70 bits per heavy atom. The molecule has 0 bridgehead atoms. The van der Waals surface area contributed by atoms with Crippen LogP contribution in [0.2, 0.25) is 0 Å². The standard InChI is InChI=1S/C23H28BrFN2/c1-6-9-27-22-12-20(25)17(11-19(22)16(3)13-23(27,4)5)14-26-21-8-7-18(24)10-15(21)2/h7-8,10-12,14,16H,6,9,13H2,1-5H3. The van der Waals surface area contributed by atoms with Gasteiger partial charge in [-0.3, -0.25) is 4.99 Å². The second-order valence-electron chi connectivity index (χ2n) is 8.19. The summed E-state index contributed by atoms with van der Waals surface area (Å²) in [7, 11) is 0. The molecule has 2 nitrogen and oxygen atoms in total. The van der Waals surface area contributed by atoms with Crippen LogP contribution in [0.5, 0.6) is 0 Å². The maximum atomic E-state index is 14.9. The molecule has 0 amide bonds. The van der Waals surface area contributed by atoms with E-state index in [0.29, 0.717) is 11.5 Å².